The first-order chi connectivity index (χ1) is 29.2. The number of aromatic hydroxyl groups is 1. The van der Waals surface area contributed by atoms with E-state index >= 15 is 0 Å². The Balaban J connectivity index is 0.000000285. The third-order valence-corrected chi connectivity index (χ3v) is 13.7. The van der Waals surface area contributed by atoms with Gasteiger partial charge in [-0.25, -0.2) is 14.3 Å². The van der Waals surface area contributed by atoms with Gasteiger partial charge in [0.2, 0.25) is 22.9 Å². The van der Waals surface area contributed by atoms with Gasteiger partial charge in [0.15, 0.2) is 12.1 Å². The van der Waals surface area contributed by atoms with Crippen LogP contribution in [-0.4, -0.2) is 213 Å². The minimum atomic E-state index is -2.14. The Bertz CT molecular complexity index is 2240. The molecule has 0 aliphatic carbocycles. The Morgan fingerprint density at radius 1 is 1.08 bits per heavy atom. The predicted octanol–water partition coefficient (Wildman–Crippen LogP) is -2.91. The number of rotatable bonds is 14. The van der Waals surface area contributed by atoms with Crippen molar-refractivity contribution in [2.24, 2.45) is 18.9 Å². The van der Waals surface area contributed by atoms with Gasteiger partial charge in [-0.2, -0.15) is 0 Å². The summed E-state index contributed by atoms with van der Waals surface area (Å²) in [6.07, 6.45) is -1.55. The second kappa shape index (κ2) is 20.7. The molecule has 6 heterocycles. The first-order valence-electron chi connectivity index (χ1n) is 19.0. The molecule has 3 saturated heterocycles. The number of fused-ring (bicyclic) bond motifs is 2. The fourth-order valence-corrected chi connectivity index (χ4v) is 10.3. The molecule has 0 saturated carbocycles. The standard InChI is InChI=1S/C20H20N6O9S.C17H25N3O5S.Na.H2O.H/c1-25-19(22-23-24-25)36-8-10-7-35-18-20(34-2,17(33)26(18)13(10)16(31)32)21-14(28)12(15(29)30)9-3-5-11(27)6-4-9;1-7-12-11(8(2)21)16(23)20(12)13(17(24)25)14(7)26-9-5-10(18-6-9)15(22)19(3)4;;;/h3-6,12,18,27H,7-8H2,1-2H3,(H,21,28)(H,29,30)(H,31,32);7-12,18,21H,5-6H2,1-4H3,(H,24,25);;1H2;/t12?,18-,20+;7-,8-,9+,10+,11-,12-;;;/m11.../s1. The van der Waals surface area contributed by atoms with Crippen LogP contribution in [0, 0.1) is 11.8 Å². The Morgan fingerprint density at radius 3 is 2.25 bits per heavy atom. The van der Waals surface area contributed by atoms with E-state index in [1.807, 2.05) is 6.92 Å². The van der Waals surface area contributed by atoms with E-state index in [0.717, 1.165) is 23.8 Å². The number of aryl methyl sites for hydroxylation is 1. The van der Waals surface area contributed by atoms with Gasteiger partial charge in [-0.1, -0.05) is 30.8 Å². The number of thioether (sulfide) groups is 2. The SMILES string of the molecule is CO[C@@]1(NC(=O)C(C(=O)O)c2ccc(O)cc2)C(=O)N2C(C(=O)O)=C(CSc3nnnn3C)CO[C@@H]21.C[C@@H](O)[C@H]1C(=O)N2C(C(=O)O)=C(S[C@@H]3CN[C@H](C(=O)N(C)C)C3)[C@H](C)[C@H]12.O.[NaH]. The molecule has 1 aromatic heterocycles. The summed E-state index contributed by atoms with van der Waals surface area (Å²) >= 11 is 2.58. The molecule has 0 radical (unpaired) electrons. The Kier molecular flexibility index (Phi) is 16.8. The summed E-state index contributed by atoms with van der Waals surface area (Å²) < 4.78 is 12.4. The van der Waals surface area contributed by atoms with E-state index in [1.165, 1.54) is 45.6 Å². The number of phenols is 1. The summed E-state index contributed by atoms with van der Waals surface area (Å²) in [6, 6.07) is 4.36. The number of β-lactam (4-membered cyclic amide) rings is 2. The van der Waals surface area contributed by atoms with Gasteiger partial charge in [0.1, 0.15) is 17.1 Å². The number of methoxy groups -OCH3 is 1. The number of nitrogens with one attached hydrogen (secondary N) is 2. The van der Waals surface area contributed by atoms with Gasteiger partial charge >= 0.3 is 47.5 Å². The van der Waals surface area contributed by atoms with Crippen LogP contribution in [0.25, 0.3) is 0 Å². The third kappa shape index (κ3) is 9.52. The van der Waals surface area contributed by atoms with E-state index in [2.05, 4.69) is 26.2 Å². The molecular formula is C37H48N9NaO15S2. The van der Waals surface area contributed by atoms with Crippen molar-refractivity contribution in [1.29, 1.82) is 0 Å². The third-order valence-electron chi connectivity index (χ3n) is 11.1. The van der Waals surface area contributed by atoms with E-state index in [4.69, 9.17) is 9.47 Å². The number of hydrogen-bond donors (Lipinski definition) is 7. The summed E-state index contributed by atoms with van der Waals surface area (Å²) in [5, 5.41) is 65.4. The van der Waals surface area contributed by atoms with Gasteiger partial charge in [-0.15, -0.1) is 16.9 Å². The van der Waals surface area contributed by atoms with Gasteiger partial charge < -0.3 is 60.9 Å². The summed E-state index contributed by atoms with van der Waals surface area (Å²) in [4.78, 5) is 90.7. The molecule has 0 bridgehead atoms. The van der Waals surface area contributed by atoms with E-state index < -0.39 is 59.6 Å². The number of benzene rings is 1. The van der Waals surface area contributed by atoms with E-state index in [1.54, 1.807) is 33.0 Å². The molecular weight excluding hydrogens is 898 g/mol. The van der Waals surface area contributed by atoms with Crippen LogP contribution in [0.15, 0.2) is 51.3 Å². The molecule has 5 aliphatic rings. The number of aliphatic hydroxyl groups is 1. The fraction of sp³-hybridized carbons (Fsp3) is 0.514. The van der Waals surface area contributed by atoms with Crippen LogP contribution >= 0.6 is 23.5 Å². The zero-order chi connectivity index (χ0) is 45.5. The van der Waals surface area contributed by atoms with Crippen LogP contribution in [0.3, 0.4) is 0 Å². The monoisotopic (exact) mass is 945 g/mol. The number of aliphatic hydroxyl groups excluding tert-OH is 1. The Morgan fingerprint density at radius 2 is 1.72 bits per heavy atom. The zero-order valence-corrected chi connectivity index (χ0v) is 36.2. The second-order valence-electron chi connectivity index (χ2n) is 15.2. The van der Waals surface area contributed by atoms with Crippen LogP contribution in [0.5, 0.6) is 5.75 Å². The van der Waals surface area contributed by atoms with E-state index in [0.29, 0.717) is 23.0 Å². The van der Waals surface area contributed by atoms with Crippen LogP contribution < -0.4 is 10.6 Å². The summed E-state index contributed by atoms with van der Waals surface area (Å²) in [7, 11) is 6.13. The molecule has 7 rings (SSSR count). The maximum atomic E-state index is 13.2. The molecule has 4 amide bonds. The molecule has 9 atom stereocenters. The van der Waals surface area contributed by atoms with Gasteiger partial charge in [0, 0.05) is 56.6 Å². The van der Waals surface area contributed by atoms with Crippen LogP contribution in [-0.2, 0) is 50.1 Å². The number of nitrogens with zero attached hydrogens (tertiary/aromatic N) is 7. The van der Waals surface area contributed by atoms with Crippen molar-refractivity contribution in [3.63, 3.8) is 0 Å². The molecule has 24 nitrogen and oxygen atoms in total. The number of carboxylic acid groups (broad SMARTS) is 3. The average molecular weight is 946 g/mol. The number of likely N-dealkylation sites (N-methyl/N-ethyl adjacent to an activating group) is 1. The summed E-state index contributed by atoms with van der Waals surface area (Å²) in [5.41, 5.74) is -2.13. The quantitative estimate of drug-likeness (QED) is 0.0328. The van der Waals surface area contributed by atoms with Crippen LogP contribution in [0.1, 0.15) is 31.7 Å². The molecule has 0 spiro atoms. The summed E-state index contributed by atoms with van der Waals surface area (Å²) in [6.45, 7) is 3.87. The van der Waals surface area contributed by atoms with Crippen molar-refractivity contribution >= 4 is 94.6 Å². The van der Waals surface area contributed by atoms with E-state index in [-0.39, 0.29) is 111 Å². The molecule has 9 N–H and O–H groups in total. The molecule has 27 heteroatoms. The molecule has 5 aliphatic heterocycles. The number of carbonyl (C=O) groups is 7. The zero-order valence-electron chi connectivity index (χ0n) is 34.6. The van der Waals surface area contributed by atoms with Crippen molar-refractivity contribution in [2.75, 3.05) is 40.1 Å². The number of hydrogen-bond acceptors (Lipinski definition) is 17. The molecule has 1 unspecified atom stereocenters. The van der Waals surface area contributed by atoms with Crippen molar-refractivity contribution in [2.45, 2.75) is 66.7 Å². The van der Waals surface area contributed by atoms with Crippen molar-refractivity contribution < 1.29 is 74.0 Å². The van der Waals surface area contributed by atoms with Crippen molar-refractivity contribution in [3.8, 4) is 5.75 Å². The van der Waals surface area contributed by atoms with Gasteiger partial charge in [0.25, 0.3) is 11.6 Å². The maximum absolute atomic E-state index is 13.2. The predicted molar refractivity (Wildman–Crippen MR) is 224 cm³/mol. The number of amides is 4. The number of aliphatic carboxylic acids is 3. The number of ether oxygens (including phenoxy) is 2. The van der Waals surface area contributed by atoms with Gasteiger partial charge in [-0.3, -0.25) is 28.9 Å². The number of carbonyl (C=O) groups excluding carboxylic acids is 4. The summed E-state index contributed by atoms with van der Waals surface area (Å²) in [5.74, 6) is -8.86. The van der Waals surface area contributed by atoms with Crippen molar-refractivity contribution in [3.05, 3.63) is 51.7 Å². The molecule has 3 fully saturated rings. The first-order valence-corrected chi connectivity index (χ1v) is 20.9. The normalized spacial score (nSPS) is 26.4. The molecule has 64 heavy (non-hydrogen) atoms. The Labute approximate surface area is 395 Å². The first kappa shape index (κ1) is 52.0. The van der Waals surface area contributed by atoms with E-state index in [9.17, 15) is 59.1 Å². The fourth-order valence-electron chi connectivity index (χ4n) is 8.03. The number of aromatic nitrogens is 4. The van der Waals surface area contributed by atoms with Gasteiger partial charge in [0.05, 0.1) is 30.7 Å². The Hall–Kier alpha value is -4.64. The molecule has 2 aromatic rings. The molecule has 1 aromatic carbocycles. The second-order valence-corrected chi connectivity index (χ2v) is 17.5. The number of carboxylic acids is 3. The molecule has 344 valence electrons. The number of tetrazole rings is 1. The minimum absolute atomic E-state index is 0. The topological polar surface area (TPSA) is 348 Å². The van der Waals surface area contributed by atoms with Gasteiger partial charge in [-0.05, 0) is 47.0 Å². The van der Waals surface area contributed by atoms with Crippen LogP contribution in [0.4, 0.5) is 0 Å². The van der Waals surface area contributed by atoms with Crippen molar-refractivity contribution in [1.82, 2.24) is 45.5 Å². The number of phenolic OH excluding ortho intramolecular Hbond substituents is 1. The van der Waals surface area contributed by atoms with Crippen LogP contribution in [0.2, 0.25) is 0 Å². The average Bonchev–Trinajstić information content (AvgIpc) is 3.92.